The van der Waals surface area contributed by atoms with Gasteiger partial charge in [-0.2, -0.15) is 15.3 Å². The number of para-hydroxylation sites is 1. The zero-order valence-corrected chi connectivity index (χ0v) is 17.8. The van der Waals surface area contributed by atoms with E-state index in [4.69, 9.17) is 10.2 Å². The highest BCUT2D eigenvalue weighted by atomic mass is 15.2. The Morgan fingerprint density at radius 2 is 1.78 bits per heavy atom. The molecule has 2 aromatic carbocycles. The van der Waals surface area contributed by atoms with Gasteiger partial charge in [-0.05, 0) is 42.7 Å². The monoisotopic (exact) mass is 423 g/mol. The van der Waals surface area contributed by atoms with Crippen LogP contribution in [0, 0.1) is 11.3 Å². The average Bonchev–Trinajstić information content (AvgIpc) is 3.30. The Kier molecular flexibility index (Phi) is 5.67. The number of nitrogens with one attached hydrogen (secondary N) is 3. The molecule has 0 bridgehead atoms. The van der Waals surface area contributed by atoms with E-state index in [2.05, 4.69) is 38.0 Å². The molecule has 5 rings (SSSR count). The maximum atomic E-state index is 8.85. The molecule has 2 heterocycles. The van der Waals surface area contributed by atoms with Gasteiger partial charge in [-0.1, -0.05) is 43.5 Å². The van der Waals surface area contributed by atoms with Crippen molar-refractivity contribution in [3.63, 3.8) is 0 Å². The van der Waals surface area contributed by atoms with E-state index in [1.54, 1.807) is 0 Å². The fourth-order valence-electron chi connectivity index (χ4n) is 4.30. The van der Waals surface area contributed by atoms with Crippen LogP contribution in [0.4, 0.5) is 23.3 Å². The topological polar surface area (TPSA) is 102 Å². The molecule has 0 saturated heterocycles. The Bertz CT molecular complexity index is 1250. The van der Waals surface area contributed by atoms with Gasteiger partial charge in [0.25, 0.3) is 0 Å². The molecule has 0 amide bonds. The van der Waals surface area contributed by atoms with Crippen LogP contribution in [0.25, 0.3) is 10.9 Å². The predicted molar refractivity (Wildman–Crippen MR) is 126 cm³/mol. The van der Waals surface area contributed by atoms with E-state index in [0.29, 0.717) is 24.1 Å². The number of nitrogens with zero attached hydrogens (tertiary/aromatic N) is 4. The molecule has 3 N–H and O–H groups in total. The lowest BCUT2D eigenvalue weighted by atomic mass is 9.87. The first-order chi connectivity index (χ1) is 15.8. The number of hydrogen-bond donors (Lipinski definition) is 3. The van der Waals surface area contributed by atoms with Crippen molar-refractivity contribution >= 4 is 34.2 Å². The van der Waals surface area contributed by atoms with E-state index in [1.165, 1.54) is 37.8 Å². The largest absolute Gasteiger partial charge is 0.324 e. The second kappa shape index (κ2) is 9.06. The second-order valence-electron chi connectivity index (χ2n) is 8.24. The normalized spacial score (nSPS) is 14.2. The minimum Gasteiger partial charge on any atom is -0.324 e. The molecule has 32 heavy (non-hydrogen) atoms. The lowest BCUT2D eigenvalue weighted by Gasteiger charge is -2.19. The van der Waals surface area contributed by atoms with E-state index in [0.717, 1.165) is 28.0 Å². The molecular weight excluding hydrogens is 398 g/mol. The van der Waals surface area contributed by atoms with Gasteiger partial charge in [0.15, 0.2) is 5.82 Å². The van der Waals surface area contributed by atoms with Crippen LogP contribution >= 0.6 is 0 Å². The summed E-state index contributed by atoms with van der Waals surface area (Å²) in [5.41, 5.74) is 3.89. The quantitative estimate of drug-likeness (QED) is 0.354. The van der Waals surface area contributed by atoms with Gasteiger partial charge in [0.1, 0.15) is 5.82 Å². The molecule has 0 aliphatic heterocycles. The number of fused-ring (bicyclic) bond motifs is 1. The van der Waals surface area contributed by atoms with Crippen molar-refractivity contribution in [2.24, 2.45) is 0 Å². The Labute approximate surface area is 186 Å². The molecule has 0 radical (unpaired) electrons. The number of rotatable bonds is 6. The van der Waals surface area contributed by atoms with Gasteiger partial charge in [-0.3, -0.25) is 5.10 Å². The van der Waals surface area contributed by atoms with Crippen molar-refractivity contribution in [1.82, 2.24) is 20.2 Å². The summed E-state index contributed by atoms with van der Waals surface area (Å²) >= 11 is 0. The summed E-state index contributed by atoms with van der Waals surface area (Å²) in [6.07, 6.45) is 6.75. The molecule has 0 spiro atoms. The highest BCUT2D eigenvalue weighted by Crippen LogP contribution is 2.33. The standard InChI is InChI=1S/C25H25N7/c26-15-14-17-10-12-19(13-11-17)27-25-28-21-9-5-4-8-20(21)24(30-25)29-23-16-22(31-32-23)18-6-2-1-3-7-18/h4-5,8-13,16,18H,1-3,6-7,14H2,(H3,27,28,29,30,31,32). The van der Waals surface area contributed by atoms with Gasteiger partial charge in [0.05, 0.1) is 18.0 Å². The van der Waals surface area contributed by atoms with E-state index < -0.39 is 0 Å². The molecule has 7 nitrogen and oxygen atoms in total. The first-order valence-corrected chi connectivity index (χ1v) is 11.1. The number of hydrogen-bond acceptors (Lipinski definition) is 6. The Balaban J connectivity index is 1.41. The summed E-state index contributed by atoms with van der Waals surface area (Å²) in [5.74, 6) is 2.54. The van der Waals surface area contributed by atoms with Crippen molar-refractivity contribution in [2.75, 3.05) is 10.6 Å². The third-order valence-corrected chi connectivity index (χ3v) is 5.99. The number of aromatic amines is 1. The Hall–Kier alpha value is -3.92. The first kappa shape index (κ1) is 20.0. The molecule has 1 aliphatic rings. The predicted octanol–water partition coefficient (Wildman–Crippen LogP) is 5.95. The lowest BCUT2D eigenvalue weighted by molar-refractivity contribution is 0.436. The van der Waals surface area contributed by atoms with Crippen molar-refractivity contribution in [2.45, 2.75) is 44.4 Å². The highest BCUT2D eigenvalue weighted by Gasteiger charge is 2.18. The third kappa shape index (κ3) is 4.40. The summed E-state index contributed by atoms with van der Waals surface area (Å²) in [5, 5.41) is 24.2. The van der Waals surface area contributed by atoms with Gasteiger partial charge in [-0.25, -0.2) is 4.98 Å². The van der Waals surface area contributed by atoms with Gasteiger partial charge in [0.2, 0.25) is 5.95 Å². The summed E-state index contributed by atoms with van der Waals surface area (Å²) in [6, 6.07) is 19.9. The highest BCUT2D eigenvalue weighted by molar-refractivity contribution is 5.91. The van der Waals surface area contributed by atoms with Crippen molar-refractivity contribution in [3.8, 4) is 6.07 Å². The zero-order valence-electron chi connectivity index (χ0n) is 17.8. The van der Waals surface area contributed by atoms with E-state index >= 15 is 0 Å². The number of anilines is 4. The second-order valence-corrected chi connectivity index (χ2v) is 8.24. The summed E-state index contributed by atoms with van der Waals surface area (Å²) in [6.45, 7) is 0. The van der Waals surface area contributed by atoms with Crippen molar-refractivity contribution in [1.29, 1.82) is 5.26 Å². The summed E-state index contributed by atoms with van der Waals surface area (Å²) in [7, 11) is 0. The van der Waals surface area contributed by atoms with Crippen LogP contribution < -0.4 is 10.6 Å². The van der Waals surface area contributed by atoms with Crippen molar-refractivity contribution < 1.29 is 0 Å². The van der Waals surface area contributed by atoms with Crippen LogP contribution in [0.15, 0.2) is 54.6 Å². The van der Waals surface area contributed by atoms with Crippen LogP contribution in [0.1, 0.15) is 49.3 Å². The zero-order chi connectivity index (χ0) is 21.8. The maximum absolute atomic E-state index is 8.85. The molecule has 160 valence electrons. The number of H-pyrrole nitrogens is 1. The summed E-state index contributed by atoms with van der Waals surface area (Å²) in [4.78, 5) is 9.40. The fourth-order valence-corrected chi connectivity index (χ4v) is 4.30. The smallest absolute Gasteiger partial charge is 0.229 e. The molecular formula is C25H25N7. The molecule has 4 aromatic rings. The SMILES string of the molecule is N#CCc1ccc(Nc2nc(Nc3cc(C4CCCCC4)[nH]n3)c3ccccc3n2)cc1. The van der Waals surface area contributed by atoms with Crippen LogP contribution in [-0.4, -0.2) is 20.2 Å². The average molecular weight is 424 g/mol. The van der Waals surface area contributed by atoms with Gasteiger partial charge < -0.3 is 10.6 Å². The molecule has 1 aliphatic carbocycles. The molecule has 0 atom stereocenters. The van der Waals surface area contributed by atoms with Crippen molar-refractivity contribution in [3.05, 3.63) is 65.9 Å². The van der Waals surface area contributed by atoms with Gasteiger partial charge >= 0.3 is 0 Å². The van der Waals surface area contributed by atoms with Crippen LogP contribution in [-0.2, 0) is 6.42 Å². The van der Waals surface area contributed by atoms with E-state index in [9.17, 15) is 0 Å². The van der Waals surface area contributed by atoms with Crippen LogP contribution in [0.2, 0.25) is 0 Å². The number of benzene rings is 2. The van der Waals surface area contributed by atoms with Crippen LogP contribution in [0.5, 0.6) is 0 Å². The third-order valence-electron chi connectivity index (χ3n) is 5.99. The molecule has 0 unspecified atom stereocenters. The number of aromatic nitrogens is 4. The summed E-state index contributed by atoms with van der Waals surface area (Å²) < 4.78 is 0. The first-order valence-electron chi connectivity index (χ1n) is 11.1. The van der Waals surface area contributed by atoms with E-state index in [1.807, 2.05) is 48.5 Å². The number of nitriles is 1. The minimum atomic E-state index is 0.396. The van der Waals surface area contributed by atoms with Gasteiger partial charge in [0, 0.05) is 28.8 Å². The Morgan fingerprint density at radius 1 is 0.969 bits per heavy atom. The minimum absolute atomic E-state index is 0.396. The molecule has 1 saturated carbocycles. The Morgan fingerprint density at radius 3 is 2.59 bits per heavy atom. The fraction of sp³-hybridized carbons (Fsp3) is 0.280. The van der Waals surface area contributed by atoms with E-state index in [-0.39, 0.29) is 0 Å². The maximum Gasteiger partial charge on any atom is 0.229 e. The van der Waals surface area contributed by atoms with Crippen LogP contribution in [0.3, 0.4) is 0 Å². The lowest BCUT2D eigenvalue weighted by Crippen LogP contribution is -2.04. The molecule has 1 fully saturated rings. The van der Waals surface area contributed by atoms with Gasteiger partial charge in [-0.15, -0.1) is 0 Å². The molecule has 7 heteroatoms. The molecule has 2 aromatic heterocycles.